The Morgan fingerprint density at radius 3 is 2.22 bits per heavy atom. The number of halogens is 1. The minimum absolute atomic E-state index is 0. The molecule has 2 aliphatic heterocycles. The molecule has 2 aliphatic rings. The third-order valence-corrected chi connectivity index (χ3v) is 6.61. The van der Waals surface area contributed by atoms with E-state index in [0.717, 1.165) is 18.7 Å². The fourth-order valence-corrected chi connectivity index (χ4v) is 5.05. The Bertz CT molecular complexity index is 726. The van der Waals surface area contributed by atoms with Crippen LogP contribution in [0.25, 0.3) is 0 Å². The Hall–Kier alpha value is -1.22. The van der Waals surface area contributed by atoms with Crippen molar-refractivity contribution in [1.82, 2.24) is 9.62 Å². The number of nitrogens with zero attached hydrogens (tertiary/aromatic N) is 2. The molecule has 1 N–H and O–H groups in total. The van der Waals surface area contributed by atoms with E-state index in [2.05, 4.69) is 5.32 Å². The van der Waals surface area contributed by atoms with Crippen LogP contribution in [-0.4, -0.2) is 43.8 Å². The highest BCUT2D eigenvalue weighted by molar-refractivity contribution is 7.89. The number of sulfonamides is 1. The number of nitro benzene ring substituents is 1. The van der Waals surface area contributed by atoms with Crippen LogP contribution < -0.4 is 5.32 Å². The molecule has 0 saturated carbocycles. The van der Waals surface area contributed by atoms with Crippen LogP contribution in [-0.2, 0) is 10.0 Å². The first-order valence-corrected chi connectivity index (χ1v) is 8.71. The topological polar surface area (TPSA) is 92.5 Å². The molecule has 1 aromatic rings. The number of hydrogen-bond donors (Lipinski definition) is 1. The van der Waals surface area contributed by atoms with E-state index in [-0.39, 0.29) is 23.0 Å². The summed E-state index contributed by atoms with van der Waals surface area (Å²) in [5, 5.41) is 14.5. The molecule has 9 heteroatoms. The fraction of sp³-hybridized carbons (Fsp3) is 0.571. The Morgan fingerprint density at radius 2 is 1.70 bits per heavy atom. The van der Waals surface area contributed by atoms with Gasteiger partial charge in [0.05, 0.1) is 4.92 Å². The van der Waals surface area contributed by atoms with Crippen molar-refractivity contribution in [3.05, 3.63) is 33.4 Å². The SMILES string of the molecule is Cc1cc([N+](=O)[O-])c(S(=O)(=O)N2C[C@H]3CNC[C@H]3C2)cc1C.Cl. The second-order valence-corrected chi connectivity index (χ2v) is 8.07. The largest absolute Gasteiger partial charge is 0.316 e. The lowest BCUT2D eigenvalue weighted by Crippen LogP contribution is -2.32. The number of aryl methyl sites for hydroxylation is 2. The molecule has 128 valence electrons. The maximum atomic E-state index is 12.9. The Morgan fingerprint density at radius 1 is 1.17 bits per heavy atom. The highest BCUT2D eigenvalue weighted by Crippen LogP contribution is 2.35. The molecule has 0 spiro atoms. The van der Waals surface area contributed by atoms with Crippen LogP contribution in [0.2, 0.25) is 0 Å². The smallest absolute Gasteiger partial charge is 0.289 e. The molecule has 0 amide bonds. The monoisotopic (exact) mass is 361 g/mol. The molecular weight excluding hydrogens is 342 g/mol. The van der Waals surface area contributed by atoms with Crippen molar-refractivity contribution >= 4 is 28.1 Å². The van der Waals surface area contributed by atoms with Crippen molar-refractivity contribution in [3.63, 3.8) is 0 Å². The van der Waals surface area contributed by atoms with Gasteiger partial charge in [-0.15, -0.1) is 12.4 Å². The van der Waals surface area contributed by atoms with E-state index in [1.54, 1.807) is 13.8 Å². The van der Waals surface area contributed by atoms with Gasteiger partial charge in [0.25, 0.3) is 5.69 Å². The molecule has 0 aromatic heterocycles. The average Bonchev–Trinajstić information content (AvgIpc) is 3.02. The number of benzene rings is 1. The maximum absolute atomic E-state index is 12.9. The molecule has 0 aliphatic carbocycles. The van der Waals surface area contributed by atoms with E-state index < -0.39 is 14.9 Å². The Labute approximate surface area is 141 Å². The zero-order valence-electron chi connectivity index (χ0n) is 13.0. The van der Waals surface area contributed by atoms with Gasteiger partial charge in [0, 0.05) is 19.2 Å². The Balaban J connectivity index is 0.00000192. The van der Waals surface area contributed by atoms with Gasteiger partial charge in [-0.05, 0) is 56.0 Å². The van der Waals surface area contributed by atoms with Crippen LogP contribution in [0.3, 0.4) is 0 Å². The van der Waals surface area contributed by atoms with Gasteiger partial charge < -0.3 is 5.32 Å². The van der Waals surface area contributed by atoms with Crippen molar-refractivity contribution in [2.45, 2.75) is 18.7 Å². The van der Waals surface area contributed by atoms with E-state index >= 15 is 0 Å². The molecule has 2 atom stereocenters. The average molecular weight is 362 g/mol. The van der Waals surface area contributed by atoms with Crippen molar-refractivity contribution in [2.24, 2.45) is 11.8 Å². The van der Waals surface area contributed by atoms with Crippen LogP contribution in [0.5, 0.6) is 0 Å². The van der Waals surface area contributed by atoms with Gasteiger partial charge in [0.2, 0.25) is 10.0 Å². The summed E-state index contributed by atoms with van der Waals surface area (Å²) in [6, 6.07) is 2.77. The van der Waals surface area contributed by atoms with Gasteiger partial charge in [0.15, 0.2) is 4.90 Å². The zero-order chi connectivity index (χ0) is 16.1. The van der Waals surface area contributed by atoms with E-state index in [1.807, 2.05) is 0 Å². The van der Waals surface area contributed by atoms with Gasteiger partial charge >= 0.3 is 0 Å². The van der Waals surface area contributed by atoms with E-state index in [4.69, 9.17) is 0 Å². The highest BCUT2D eigenvalue weighted by Gasteiger charge is 2.43. The predicted molar refractivity (Wildman–Crippen MR) is 88.4 cm³/mol. The number of fused-ring (bicyclic) bond motifs is 1. The fourth-order valence-electron chi connectivity index (χ4n) is 3.27. The molecule has 1 aromatic carbocycles. The number of rotatable bonds is 3. The van der Waals surface area contributed by atoms with Crippen LogP contribution in [0.15, 0.2) is 17.0 Å². The summed E-state index contributed by atoms with van der Waals surface area (Å²) in [6.07, 6.45) is 0. The number of nitrogens with one attached hydrogen (secondary N) is 1. The molecule has 3 rings (SSSR count). The summed E-state index contributed by atoms with van der Waals surface area (Å²) in [7, 11) is -3.83. The van der Waals surface area contributed by atoms with E-state index in [0.29, 0.717) is 30.5 Å². The van der Waals surface area contributed by atoms with Crippen LogP contribution in [0, 0.1) is 35.8 Å². The summed E-state index contributed by atoms with van der Waals surface area (Å²) in [6.45, 7) is 6.00. The first-order chi connectivity index (χ1) is 10.3. The normalized spacial score (nSPS) is 24.3. The molecule has 2 fully saturated rings. The molecule has 7 nitrogen and oxygen atoms in total. The lowest BCUT2D eigenvalue weighted by atomic mass is 10.0. The molecule has 2 saturated heterocycles. The second-order valence-electron chi connectivity index (χ2n) is 6.16. The summed E-state index contributed by atoms with van der Waals surface area (Å²) in [4.78, 5) is 10.5. The van der Waals surface area contributed by atoms with Crippen LogP contribution in [0.1, 0.15) is 11.1 Å². The maximum Gasteiger partial charge on any atom is 0.289 e. The van der Waals surface area contributed by atoms with Gasteiger partial charge in [0.1, 0.15) is 0 Å². The van der Waals surface area contributed by atoms with Gasteiger partial charge in [-0.1, -0.05) is 0 Å². The van der Waals surface area contributed by atoms with Gasteiger partial charge in [-0.25, -0.2) is 8.42 Å². The lowest BCUT2D eigenvalue weighted by Gasteiger charge is -2.18. The lowest BCUT2D eigenvalue weighted by molar-refractivity contribution is -0.387. The molecule has 23 heavy (non-hydrogen) atoms. The highest BCUT2D eigenvalue weighted by atomic mass is 35.5. The first-order valence-electron chi connectivity index (χ1n) is 7.27. The number of hydrogen-bond acceptors (Lipinski definition) is 5. The van der Waals surface area contributed by atoms with Crippen molar-refractivity contribution in [3.8, 4) is 0 Å². The summed E-state index contributed by atoms with van der Waals surface area (Å²) in [5.74, 6) is 0.612. The standard InChI is InChI=1S/C14H19N3O4S.ClH/c1-9-3-13(17(18)19)14(4-10(9)2)22(20,21)16-7-11-5-15-6-12(11)8-16;/h3-4,11-12,15H,5-8H2,1-2H3;1H/t11-,12+;. The molecule has 0 radical (unpaired) electrons. The van der Waals surface area contributed by atoms with Crippen molar-refractivity contribution in [1.29, 1.82) is 0 Å². The zero-order valence-corrected chi connectivity index (χ0v) is 14.6. The summed E-state index contributed by atoms with van der Waals surface area (Å²) >= 11 is 0. The van der Waals surface area contributed by atoms with Gasteiger partial charge in [-0.2, -0.15) is 4.31 Å². The molecule has 2 heterocycles. The third kappa shape index (κ3) is 3.08. The number of nitro groups is 1. The quantitative estimate of drug-likeness (QED) is 0.650. The minimum atomic E-state index is -3.83. The van der Waals surface area contributed by atoms with Crippen molar-refractivity contribution in [2.75, 3.05) is 26.2 Å². The summed E-state index contributed by atoms with van der Waals surface area (Å²) < 4.78 is 27.1. The predicted octanol–water partition coefficient (Wildman–Crippen LogP) is 1.47. The minimum Gasteiger partial charge on any atom is -0.316 e. The molecule has 0 bridgehead atoms. The van der Waals surface area contributed by atoms with E-state index in [1.165, 1.54) is 16.4 Å². The van der Waals surface area contributed by atoms with Crippen molar-refractivity contribution < 1.29 is 13.3 Å². The third-order valence-electron chi connectivity index (χ3n) is 4.75. The molecular formula is C14H20ClN3O4S. The second kappa shape index (κ2) is 6.35. The van der Waals surface area contributed by atoms with Crippen LogP contribution in [0.4, 0.5) is 5.69 Å². The van der Waals surface area contributed by atoms with E-state index in [9.17, 15) is 18.5 Å². The summed E-state index contributed by atoms with van der Waals surface area (Å²) in [5.41, 5.74) is 1.12. The van der Waals surface area contributed by atoms with Crippen LogP contribution >= 0.6 is 12.4 Å². The molecule has 0 unspecified atom stereocenters. The first kappa shape index (κ1) is 18.1. The Kier molecular flexibility index (Phi) is 5.00. The van der Waals surface area contributed by atoms with Gasteiger partial charge in [-0.3, -0.25) is 10.1 Å².